The van der Waals surface area contributed by atoms with Crippen LogP contribution in [0.3, 0.4) is 0 Å². The number of nitrogens with two attached hydrogens (primary N) is 1. The lowest BCUT2D eigenvalue weighted by Gasteiger charge is -2.27. The van der Waals surface area contributed by atoms with Gasteiger partial charge in [-0.1, -0.05) is 53.0 Å². The van der Waals surface area contributed by atoms with Gasteiger partial charge in [-0.2, -0.15) is 0 Å². The predicted molar refractivity (Wildman–Crippen MR) is 114 cm³/mol. The maximum atomic E-state index is 9.60. The predicted octanol–water partition coefficient (Wildman–Crippen LogP) is 4.96. The van der Waals surface area contributed by atoms with Gasteiger partial charge < -0.3 is 20.3 Å². The molecule has 0 aliphatic heterocycles. The summed E-state index contributed by atoms with van der Waals surface area (Å²) in [6, 6.07) is 6.03. The van der Waals surface area contributed by atoms with Crippen LogP contribution in [0.4, 0.5) is 0 Å². The third kappa shape index (κ3) is 8.98. The highest BCUT2D eigenvalue weighted by Crippen LogP contribution is 2.28. The van der Waals surface area contributed by atoms with E-state index in [1.807, 2.05) is 12.1 Å². The Kier molecular flexibility index (Phi) is 10.8. The summed E-state index contributed by atoms with van der Waals surface area (Å²) in [7, 11) is 1.69. The van der Waals surface area contributed by atoms with Crippen molar-refractivity contribution in [2.75, 3.05) is 20.3 Å². The Morgan fingerprint density at radius 3 is 2.48 bits per heavy atom. The zero-order valence-electron chi connectivity index (χ0n) is 18.1. The molecule has 3 N–H and O–H groups in total. The molecule has 1 aromatic rings. The van der Waals surface area contributed by atoms with E-state index in [2.05, 4.69) is 33.8 Å². The number of aliphatic hydroxyl groups is 1. The van der Waals surface area contributed by atoms with Crippen molar-refractivity contribution < 1.29 is 14.6 Å². The highest BCUT2D eigenvalue weighted by atomic mass is 16.5. The molecule has 0 saturated carbocycles. The van der Waals surface area contributed by atoms with Crippen LogP contribution in [0.1, 0.15) is 71.8 Å². The minimum atomic E-state index is -0.514. The fourth-order valence-electron chi connectivity index (χ4n) is 3.38. The second-order valence-electron chi connectivity index (χ2n) is 8.49. The van der Waals surface area contributed by atoms with Crippen molar-refractivity contribution in [2.45, 2.75) is 78.2 Å². The van der Waals surface area contributed by atoms with Crippen LogP contribution in [0, 0.1) is 11.8 Å². The number of benzene rings is 1. The van der Waals surface area contributed by atoms with Crippen LogP contribution in [-0.2, 0) is 6.42 Å². The fraction of sp³-hybridized carbons (Fsp3) is 0.739. The summed E-state index contributed by atoms with van der Waals surface area (Å²) >= 11 is 0. The first-order chi connectivity index (χ1) is 12.8. The Hall–Kier alpha value is -1.26. The van der Waals surface area contributed by atoms with Gasteiger partial charge >= 0.3 is 0 Å². The van der Waals surface area contributed by atoms with Crippen molar-refractivity contribution in [1.29, 1.82) is 0 Å². The molecule has 0 heterocycles. The standard InChI is InChI=1S/C23H41NO3/c1-6-13-23(24,17-25)14-12-20-10-11-21(15-22(20)26-5)27-16-19(4)9-7-8-18(2)3/h10-11,15,18-19,25H,6-9,12-14,16-17,24H2,1-5H3. The molecule has 1 rings (SSSR count). The zero-order chi connectivity index (χ0) is 20.3. The van der Waals surface area contributed by atoms with Gasteiger partial charge in [0.15, 0.2) is 0 Å². The molecule has 4 nitrogen and oxygen atoms in total. The molecule has 0 aliphatic rings. The van der Waals surface area contributed by atoms with Gasteiger partial charge in [0.25, 0.3) is 0 Å². The average molecular weight is 380 g/mol. The molecule has 0 radical (unpaired) electrons. The van der Waals surface area contributed by atoms with Gasteiger partial charge in [0, 0.05) is 11.6 Å². The molecule has 0 saturated heterocycles. The summed E-state index contributed by atoms with van der Waals surface area (Å²) in [6.45, 7) is 9.62. The molecule has 27 heavy (non-hydrogen) atoms. The van der Waals surface area contributed by atoms with E-state index in [4.69, 9.17) is 15.2 Å². The number of ether oxygens (including phenoxy) is 2. The molecule has 0 fully saturated rings. The van der Waals surface area contributed by atoms with E-state index < -0.39 is 5.54 Å². The highest BCUT2D eigenvalue weighted by Gasteiger charge is 2.23. The molecule has 0 amide bonds. The largest absolute Gasteiger partial charge is 0.496 e. The van der Waals surface area contributed by atoms with E-state index in [-0.39, 0.29) is 6.61 Å². The van der Waals surface area contributed by atoms with Crippen molar-refractivity contribution >= 4 is 0 Å². The minimum Gasteiger partial charge on any atom is -0.496 e. The van der Waals surface area contributed by atoms with Crippen LogP contribution >= 0.6 is 0 Å². The molecule has 0 bridgehead atoms. The van der Waals surface area contributed by atoms with Crippen molar-refractivity contribution in [1.82, 2.24) is 0 Å². The van der Waals surface area contributed by atoms with E-state index in [0.29, 0.717) is 5.92 Å². The summed E-state index contributed by atoms with van der Waals surface area (Å²) in [5.74, 6) is 2.99. The topological polar surface area (TPSA) is 64.7 Å². The van der Waals surface area contributed by atoms with Gasteiger partial charge in [-0.25, -0.2) is 0 Å². The molecule has 0 aliphatic carbocycles. The average Bonchev–Trinajstić information content (AvgIpc) is 2.65. The van der Waals surface area contributed by atoms with Crippen molar-refractivity contribution in [3.05, 3.63) is 23.8 Å². The summed E-state index contributed by atoms with van der Waals surface area (Å²) in [5.41, 5.74) is 6.89. The van der Waals surface area contributed by atoms with Crippen LogP contribution in [-0.4, -0.2) is 31.0 Å². The minimum absolute atomic E-state index is 0.0129. The maximum Gasteiger partial charge on any atom is 0.125 e. The maximum absolute atomic E-state index is 9.60. The first kappa shape index (κ1) is 23.8. The normalized spacial score (nSPS) is 14.8. The molecule has 0 aromatic heterocycles. The van der Waals surface area contributed by atoms with Gasteiger partial charge in [0.05, 0.1) is 20.3 Å². The number of hydrogen-bond acceptors (Lipinski definition) is 4. The summed E-state index contributed by atoms with van der Waals surface area (Å²) < 4.78 is 11.5. The van der Waals surface area contributed by atoms with Gasteiger partial charge in [-0.3, -0.25) is 0 Å². The number of hydrogen-bond donors (Lipinski definition) is 2. The summed E-state index contributed by atoms with van der Waals surface area (Å²) in [4.78, 5) is 0. The molecule has 2 atom stereocenters. The molecule has 2 unspecified atom stereocenters. The third-order valence-electron chi connectivity index (χ3n) is 5.23. The van der Waals surface area contributed by atoms with Crippen molar-refractivity contribution in [3.8, 4) is 11.5 Å². The number of rotatable bonds is 14. The molecule has 156 valence electrons. The first-order valence-corrected chi connectivity index (χ1v) is 10.5. The van der Waals surface area contributed by atoms with Gasteiger partial charge in [0.2, 0.25) is 0 Å². The number of methoxy groups -OCH3 is 1. The Labute approximate surface area is 166 Å². The van der Waals surface area contributed by atoms with E-state index in [1.54, 1.807) is 7.11 Å². The lowest BCUT2D eigenvalue weighted by molar-refractivity contribution is 0.177. The first-order valence-electron chi connectivity index (χ1n) is 10.5. The summed E-state index contributed by atoms with van der Waals surface area (Å²) in [6.07, 6.45) is 7.05. The lowest BCUT2D eigenvalue weighted by atomic mass is 9.88. The fourth-order valence-corrected chi connectivity index (χ4v) is 3.38. The van der Waals surface area contributed by atoms with Crippen molar-refractivity contribution in [3.63, 3.8) is 0 Å². The van der Waals surface area contributed by atoms with E-state index in [9.17, 15) is 5.11 Å². The smallest absolute Gasteiger partial charge is 0.125 e. The van der Waals surface area contributed by atoms with Gasteiger partial charge in [-0.05, 0) is 49.1 Å². The second kappa shape index (κ2) is 12.2. The van der Waals surface area contributed by atoms with E-state index in [0.717, 1.165) is 55.3 Å². The molecule has 1 aromatic carbocycles. The molecule has 0 spiro atoms. The van der Waals surface area contributed by atoms with Crippen LogP contribution in [0.5, 0.6) is 11.5 Å². The Morgan fingerprint density at radius 1 is 1.15 bits per heavy atom. The van der Waals surface area contributed by atoms with Crippen LogP contribution < -0.4 is 15.2 Å². The van der Waals surface area contributed by atoms with Gasteiger partial charge in [-0.15, -0.1) is 0 Å². The van der Waals surface area contributed by atoms with Crippen LogP contribution in [0.15, 0.2) is 18.2 Å². The summed E-state index contributed by atoms with van der Waals surface area (Å²) in [5, 5.41) is 9.60. The Balaban J connectivity index is 2.58. The Morgan fingerprint density at radius 2 is 1.89 bits per heavy atom. The SMILES string of the molecule is CCCC(N)(CO)CCc1ccc(OCC(C)CCCC(C)C)cc1OC. The van der Waals surface area contributed by atoms with E-state index in [1.165, 1.54) is 19.3 Å². The van der Waals surface area contributed by atoms with E-state index >= 15 is 0 Å². The molecular formula is C23H41NO3. The Bertz CT molecular complexity index is 532. The molecular weight excluding hydrogens is 338 g/mol. The van der Waals surface area contributed by atoms with Crippen LogP contribution in [0.25, 0.3) is 0 Å². The number of aliphatic hydroxyl groups excluding tert-OH is 1. The second-order valence-corrected chi connectivity index (χ2v) is 8.49. The van der Waals surface area contributed by atoms with Gasteiger partial charge in [0.1, 0.15) is 11.5 Å². The molecule has 4 heteroatoms. The third-order valence-corrected chi connectivity index (χ3v) is 5.23. The number of aryl methyl sites for hydroxylation is 1. The zero-order valence-corrected chi connectivity index (χ0v) is 18.1. The van der Waals surface area contributed by atoms with Crippen LogP contribution in [0.2, 0.25) is 0 Å². The highest BCUT2D eigenvalue weighted by molar-refractivity contribution is 5.41. The van der Waals surface area contributed by atoms with Crippen molar-refractivity contribution in [2.24, 2.45) is 17.6 Å². The lowest BCUT2D eigenvalue weighted by Crippen LogP contribution is -2.43. The monoisotopic (exact) mass is 379 g/mol. The quantitative estimate of drug-likeness (QED) is 0.479.